The Balaban J connectivity index is 1.74. The van der Waals surface area contributed by atoms with Crippen LogP contribution in [0.3, 0.4) is 0 Å². The van der Waals surface area contributed by atoms with E-state index < -0.39 is 0 Å². The van der Waals surface area contributed by atoms with E-state index in [0.29, 0.717) is 48.7 Å². The van der Waals surface area contributed by atoms with Crippen molar-refractivity contribution < 1.29 is 14.3 Å². The van der Waals surface area contributed by atoms with E-state index in [2.05, 4.69) is 36.2 Å². The summed E-state index contributed by atoms with van der Waals surface area (Å²) in [4.78, 5) is 27.3. The number of nitrogens with zero attached hydrogens (tertiary/aromatic N) is 4. The number of rotatable bonds is 5. The summed E-state index contributed by atoms with van der Waals surface area (Å²) in [7, 11) is 1.49. The Morgan fingerprint density at radius 1 is 1.35 bits per heavy atom. The molecule has 2 heterocycles. The van der Waals surface area contributed by atoms with E-state index in [9.17, 15) is 4.79 Å². The van der Waals surface area contributed by atoms with Gasteiger partial charge in [-0.1, -0.05) is 27.5 Å². The second-order valence-corrected chi connectivity index (χ2v) is 6.77. The van der Waals surface area contributed by atoms with Gasteiger partial charge in [0.15, 0.2) is 5.82 Å². The molecule has 2 aromatic rings. The van der Waals surface area contributed by atoms with Crippen molar-refractivity contribution in [1.29, 1.82) is 0 Å². The van der Waals surface area contributed by atoms with E-state index in [4.69, 9.17) is 21.1 Å². The van der Waals surface area contributed by atoms with Gasteiger partial charge in [-0.2, -0.15) is 15.0 Å². The van der Waals surface area contributed by atoms with Crippen LogP contribution in [0.1, 0.15) is 16.2 Å². The van der Waals surface area contributed by atoms with E-state index in [1.165, 1.54) is 7.11 Å². The Labute approximate surface area is 164 Å². The minimum Gasteiger partial charge on any atom is -0.467 e. The molecule has 1 fully saturated rings. The molecule has 0 atom stereocenters. The normalized spacial score (nSPS) is 14.2. The molecule has 8 nitrogen and oxygen atoms in total. The fraction of sp³-hybridized carbons (Fsp3) is 0.375. The van der Waals surface area contributed by atoms with Crippen molar-refractivity contribution in [2.75, 3.05) is 38.3 Å². The van der Waals surface area contributed by atoms with E-state index in [1.54, 1.807) is 18.2 Å². The highest BCUT2D eigenvalue weighted by Gasteiger charge is 2.18. The molecule has 0 bridgehead atoms. The van der Waals surface area contributed by atoms with Gasteiger partial charge in [0.2, 0.25) is 5.95 Å². The van der Waals surface area contributed by atoms with Crippen molar-refractivity contribution in [3.8, 4) is 6.01 Å². The standard InChI is InChI=1S/C16H17BrClN5O3/c1-25-16-21-13(20-15(22-16)23-4-6-26-7-5-23)9-19-14(24)11-8-10(17)2-3-12(11)18/h2-3,8H,4-7,9H2,1H3,(H,19,24). The molecule has 1 N–H and O–H groups in total. The van der Waals surface area contributed by atoms with Crippen LogP contribution in [0, 0.1) is 0 Å². The lowest BCUT2D eigenvalue weighted by molar-refractivity contribution is 0.0949. The largest absolute Gasteiger partial charge is 0.467 e. The number of hydrogen-bond donors (Lipinski definition) is 1. The number of methoxy groups -OCH3 is 1. The molecular formula is C16H17BrClN5O3. The van der Waals surface area contributed by atoms with Crippen molar-refractivity contribution in [2.45, 2.75) is 6.54 Å². The molecule has 0 spiro atoms. The van der Waals surface area contributed by atoms with Gasteiger partial charge >= 0.3 is 6.01 Å². The molecule has 10 heteroatoms. The molecule has 1 aliphatic rings. The summed E-state index contributed by atoms with van der Waals surface area (Å²) in [6.45, 7) is 2.72. The van der Waals surface area contributed by atoms with Crippen LogP contribution >= 0.6 is 27.5 Å². The number of nitrogens with one attached hydrogen (secondary N) is 1. The Morgan fingerprint density at radius 2 is 2.12 bits per heavy atom. The first kappa shape index (κ1) is 18.8. The maximum absolute atomic E-state index is 12.4. The van der Waals surface area contributed by atoms with Crippen LogP contribution in [0.25, 0.3) is 0 Å². The number of aromatic nitrogens is 3. The van der Waals surface area contributed by atoms with Crippen LogP contribution in [0.2, 0.25) is 5.02 Å². The van der Waals surface area contributed by atoms with Gasteiger partial charge in [-0.05, 0) is 18.2 Å². The Bertz CT molecular complexity index is 801. The van der Waals surface area contributed by atoms with E-state index in [1.807, 2.05) is 4.90 Å². The van der Waals surface area contributed by atoms with E-state index in [-0.39, 0.29) is 18.5 Å². The zero-order chi connectivity index (χ0) is 18.5. The average Bonchev–Trinajstić information content (AvgIpc) is 2.68. The number of amides is 1. The maximum Gasteiger partial charge on any atom is 0.321 e. The number of ether oxygens (including phenoxy) is 2. The van der Waals surface area contributed by atoms with Crippen molar-refractivity contribution in [2.24, 2.45) is 0 Å². The van der Waals surface area contributed by atoms with Gasteiger partial charge in [0.1, 0.15) is 0 Å². The van der Waals surface area contributed by atoms with Gasteiger partial charge < -0.3 is 19.7 Å². The van der Waals surface area contributed by atoms with Crippen LogP contribution < -0.4 is 15.0 Å². The Hall–Kier alpha value is -1.97. The lowest BCUT2D eigenvalue weighted by Crippen LogP contribution is -2.37. The van der Waals surface area contributed by atoms with Crippen LogP contribution in [-0.4, -0.2) is 54.3 Å². The molecular weight excluding hydrogens is 426 g/mol. The Kier molecular flexibility index (Phi) is 6.23. The van der Waals surface area contributed by atoms with Crippen molar-refractivity contribution in [3.63, 3.8) is 0 Å². The summed E-state index contributed by atoms with van der Waals surface area (Å²) in [6.07, 6.45) is 0. The van der Waals surface area contributed by atoms with Crippen molar-refractivity contribution in [3.05, 3.63) is 39.1 Å². The van der Waals surface area contributed by atoms with Crippen molar-refractivity contribution >= 4 is 39.4 Å². The third-order valence-electron chi connectivity index (χ3n) is 3.71. The average molecular weight is 443 g/mol. The summed E-state index contributed by atoms with van der Waals surface area (Å²) in [5.74, 6) is 0.589. The molecule has 26 heavy (non-hydrogen) atoms. The first-order valence-corrected chi connectivity index (χ1v) is 9.09. The smallest absolute Gasteiger partial charge is 0.321 e. The SMILES string of the molecule is COc1nc(CNC(=O)c2cc(Br)ccc2Cl)nc(N2CCOCC2)n1. The van der Waals surface area contributed by atoms with Crippen LogP contribution in [-0.2, 0) is 11.3 Å². The maximum atomic E-state index is 12.4. The molecule has 1 aliphatic heterocycles. The third kappa shape index (κ3) is 4.60. The number of morpholine rings is 1. The number of carbonyl (C=O) groups excluding carboxylic acids is 1. The molecule has 1 aromatic carbocycles. The quantitative estimate of drug-likeness (QED) is 0.758. The predicted molar refractivity (Wildman–Crippen MR) is 99.7 cm³/mol. The first-order chi connectivity index (χ1) is 12.6. The number of benzene rings is 1. The summed E-state index contributed by atoms with van der Waals surface area (Å²) >= 11 is 9.42. The molecule has 1 saturated heterocycles. The second kappa shape index (κ2) is 8.61. The van der Waals surface area contributed by atoms with Gasteiger partial charge in [0, 0.05) is 17.6 Å². The van der Waals surface area contributed by atoms with Crippen molar-refractivity contribution in [1.82, 2.24) is 20.3 Å². The molecule has 138 valence electrons. The highest BCUT2D eigenvalue weighted by atomic mass is 79.9. The third-order valence-corrected chi connectivity index (χ3v) is 4.53. The fourth-order valence-electron chi connectivity index (χ4n) is 2.39. The Morgan fingerprint density at radius 3 is 2.85 bits per heavy atom. The molecule has 3 rings (SSSR count). The van der Waals surface area contributed by atoms with E-state index in [0.717, 1.165) is 4.47 Å². The molecule has 1 amide bonds. The topological polar surface area (TPSA) is 89.5 Å². The van der Waals surface area contributed by atoms with Crippen LogP contribution in [0.5, 0.6) is 6.01 Å². The number of halogens is 2. The monoisotopic (exact) mass is 441 g/mol. The lowest BCUT2D eigenvalue weighted by Gasteiger charge is -2.26. The van der Waals surface area contributed by atoms with Gasteiger partial charge in [0.05, 0.1) is 37.5 Å². The van der Waals surface area contributed by atoms with E-state index >= 15 is 0 Å². The zero-order valence-electron chi connectivity index (χ0n) is 14.0. The number of carbonyl (C=O) groups is 1. The van der Waals surface area contributed by atoms with Gasteiger partial charge in [-0.15, -0.1) is 0 Å². The summed E-state index contributed by atoms with van der Waals surface area (Å²) in [6, 6.07) is 5.28. The van der Waals surface area contributed by atoms with Gasteiger partial charge in [-0.3, -0.25) is 4.79 Å². The predicted octanol–water partition coefficient (Wildman–Crippen LogP) is 2.06. The van der Waals surface area contributed by atoms with Gasteiger partial charge in [0.25, 0.3) is 5.91 Å². The second-order valence-electron chi connectivity index (χ2n) is 5.44. The van der Waals surface area contributed by atoms with Gasteiger partial charge in [-0.25, -0.2) is 0 Å². The molecule has 0 aliphatic carbocycles. The molecule has 1 aromatic heterocycles. The zero-order valence-corrected chi connectivity index (χ0v) is 16.4. The number of hydrogen-bond acceptors (Lipinski definition) is 7. The highest BCUT2D eigenvalue weighted by molar-refractivity contribution is 9.10. The molecule has 0 radical (unpaired) electrons. The minimum absolute atomic E-state index is 0.123. The number of anilines is 1. The highest BCUT2D eigenvalue weighted by Crippen LogP contribution is 2.21. The lowest BCUT2D eigenvalue weighted by atomic mass is 10.2. The first-order valence-electron chi connectivity index (χ1n) is 7.91. The van der Waals surface area contributed by atoms with Crippen LogP contribution in [0.15, 0.2) is 22.7 Å². The minimum atomic E-state index is -0.316. The summed E-state index contributed by atoms with van der Waals surface area (Å²) in [5, 5.41) is 3.14. The summed E-state index contributed by atoms with van der Waals surface area (Å²) < 4.78 is 11.3. The summed E-state index contributed by atoms with van der Waals surface area (Å²) in [5.41, 5.74) is 0.371. The fourth-order valence-corrected chi connectivity index (χ4v) is 2.95. The molecule has 0 unspecified atom stereocenters. The van der Waals surface area contributed by atoms with Crippen LogP contribution in [0.4, 0.5) is 5.95 Å². The molecule has 0 saturated carbocycles.